The lowest BCUT2D eigenvalue weighted by molar-refractivity contribution is 0.909. The normalized spacial score (nSPS) is 12.4. The highest BCUT2D eigenvalue weighted by Gasteiger charge is 2.11. The summed E-state index contributed by atoms with van der Waals surface area (Å²) in [5, 5.41) is 0.778. The molecular formula is C16H16Cl2. The Labute approximate surface area is 119 Å². The van der Waals surface area contributed by atoms with Gasteiger partial charge < -0.3 is 0 Å². The summed E-state index contributed by atoms with van der Waals surface area (Å²) in [6.45, 7) is 4.12. The molecule has 0 aromatic heterocycles. The van der Waals surface area contributed by atoms with Crippen molar-refractivity contribution in [1.82, 2.24) is 0 Å². The second-order valence-corrected chi connectivity index (χ2v) is 5.54. The molecule has 0 nitrogen and oxygen atoms in total. The fourth-order valence-corrected chi connectivity index (χ4v) is 2.43. The van der Waals surface area contributed by atoms with Crippen molar-refractivity contribution in [3.05, 3.63) is 69.7 Å². The van der Waals surface area contributed by atoms with Gasteiger partial charge in [-0.1, -0.05) is 48.0 Å². The van der Waals surface area contributed by atoms with Gasteiger partial charge >= 0.3 is 0 Å². The highest BCUT2D eigenvalue weighted by Crippen LogP contribution is 2.28. The quantitative estimate of drug-likeness (QED) is 0.653. The smallest absolute Gasteiger partial charge is 0.0625 e. The summed E-state index contributed by atoms with van der Waals surface area (Å²) in [4.78, 5) is 0. The van der Waals surface area contributed by atoms with Crippen molar-refractivity contribution in [2.75, 3.05) is 0 Å². The Morgan fingerprint density at radius 2 is 1.72 bits per heavy atom. The number of hydrogen-bond donors (Lipinski definition) is 0. The molecular weight excluding hydrogens is 263 g/mol. The fourth-order valence-electron chi connectivity index (χ4n) is 2.01. The van der Waals surface area contributed by atoms with Gasteiger partial charge in [0.15, 0.2) is 0 Å². The van der Waals surface area contributed by atoms with E-state index in [9.17, 15) is 0 Å². The molecule has 0 saturated carbocycles. The first-order valence-electron chi connectivity index (χ1n) is 6.02. The molecule has 0 bridgehead atoms. The van der Waals surface area contributed by atoms with Gasteiger partial charge in [0.1, 0.15) is 0 Å². The van der Waals surface area contributed by atoms with E-state index in [4.69, 9.17) is 23.2 Å². The van der Waals surface area contributed by atoms with Crippen LogP contribution in [0, 0.1) is 13.8 Å². The molecule has 2 heteroatoms. The van der Waals surface area contributed by atoms with E-state index in [1.807, 2.05) is 19.1 Å². The summed E-state index contributed by atoms with van der Waals surface area (Å²) < 4.78 is 0. The molecule has 0 amide bonds. The maximum Gasteiger partial charge on any atom is 0.0625 e. The van der Waals surface area contributed by atoms with Gasteiger partial charge in [-0.05, 0) is 48.6 Å². The van der Waals surface area contributed by atoms with E-state index >= 15 is 0 Å². The second-order valence-electron chi connectivity index (χ2n) is 4.61. The minimum atomic E-state index is -0.0120. The minimum absolute atomic E-state index is 0.0120. The summed E-state index contributed by atoms with van der Waals surface area (Å²) >= 11 is 12.5. The van der Waals surface area contributed by atoms with Crippen LogP contribution in [0.15, 0.2) is 42.5 Å². The van der Waals surface area contributed by atoms with Crippen LogP contribution in [0.25, 0.3) is 0 Å². The number of rotatable bonds is 3. The molecule has 0 aliphatic rings. The minimum Gasteiger partial charge on any atom is -0.117 e. The highest BCUT2D eigenvalue weighted by atomic mass is 35.5. The van der Waals surface area contributed by atoms with Gasteiger partial charge in [0.2, 0.25) is 0 Å². The van der Waals surface area contributed by atoms with E-state index < -0.39 is 0 Å². The van der Waals surface area contributed by atoms with Gasteiger partial charge in [-0.15, -0.1) is 11.6 Å². The van der Waals surface area contributed by atoms with Crippen LogP contribution in [0.4, 0.5) is 0 Å². The monoisotopic (exact) mass is 278 g/mol. The van der Waals surface area contributed by atoms with Crippen LogP contribution < -0.4 is 0 Å². The summed E-state index contributed by atoms with van der Waals surface area (Å²) in [6.07, 6.45) is 0.843. The van der Waals surface area contributed by atoms with Gasteiger partial charge in [0.25, 0.3) is 0 Å². The SMILES string of the molecule is Cc1cc(C(Cl)Cc2ccccc2C)ccc1Cl. The second kappa shape index (κ2) is 5.77. The summed E-state index contributed by atoms with van der Waals surface area (Å²) in [5.74, 6) is 0. The van der Waals surface area contributed by atoms with Crippen LogP contribution in [0.3, 0.4) is 0 Å². The molecule has 2 aromatic rings. The molecule has 0 radical (unpaired) electrons. The topological polar surface area (TPSA) is 0 Å². The Bertz CT molecular complexity index is 547. The largest absolute Gasteiger partial charge is 0.117 e. The first-order chi connectivity index (χ1) is 8.58. The highest BCUT2D eigenvalue weighted by molar-refractivity contribution is 6.31. The Kier molecular flexibility index (Phi) is 4.31. The lowest BCUT2D eigenvalue weighted by Gasteiger charge is -2.13. The number of benzene rings is 2. The van der Waals surface area contributed by atoms with Crippen molar-refractivity contribution >= 4 is 23.2 Å². The Balaban J connectivity index is 2.19. The van der Waals surface area contributed by atoms with Gasteiger partial charge in [0.05, 0.1) is 5.38 Å². The lowest BCUT2D eigenvalue weighted by Crippen LogP contribution is -1.98. The number of alkyl halides is 1. The molecule has 1 atom stereocenters. The third-order valence-electron chi connectivity index (χ3n) is 3.20. The standard InChI is InChI=1S/C16H16Cl2/c1-11-5-3-4-6-13(11)10-16(18)14-7-8-15(17)12(2)9-14/h3-9,16H,10H2,1-2H3. The number of halogens is 2. The van der Waals surface area contributed by atoms with Crippen LogP contribution in [0.2, 0.25) is 5.02 Å². The van der Waals surface area contributed by atoms with Crippen molar-refractivity contribution in [3.63, 3.8) is 0 Å². The van der Waals surface area contributed by atoms with Crippen molar-refractivity contribution in [1.29, 1.82) is 0 Å². The van der Waals surface area contributed by atoms with Crippen LogP contribution in [0.5, 0.6) is 0 Å². The lowest BCUT2D eigenvalue weighted by atomic mass is 9.99. The predicted octanol–water partition coefficient (Wildman–Crippen LogP) is 5.48. The first kappa shape index (κ1) is 13.5. The van der Waals surface area contributed by atoms with E-state index in [1.54, 1.807) is 0 Å². The molecule has 2 aromatic carbocycles. The van der Waals surface area contributed by atoms with E-state index in [2.05, 4.69) is 37.3 Å². The van der Waals surface area contributed by atoms with Crippen LogP contribution in [-0.2, 0) is 6.42 Å². The Morgan fingerprint density at radius 3 is 2.39 bits per heavy atom. The Hall–Kier alpha value is -0.980. The summed E-state index contributed by atoms with van der Waals surface area (Å²) in [5.41, 5.74) is 4.78. The van der Waals surface area contributed by atoms with Crippen LogP contribution in [0.1, 0.15) is 27.6 Å². The maximum atomic E-state index is 6.49. The molecule has 0 spiro atoms. The van der Waals surface area contributed by atoms with Gasteiger partial charge in [-0.3, -0.25) is 0 Å². The van der Waals surface area contributed by atoms with Crippen molar-refractivity contribution in [3.8, 4) is 0 Å². The van der Waals surface area contributed by atoms with Crippen molar-refractivity contribution < 1.29 is 0 Å². The van der Waals surface area contributed by atoms with E-state index in [0.717, 1.165) is 22.6 Å². The number of aryl methyl sites for hydroxylation is 2. The third kappa shape index (κ3) is 3.07. The van der Waals surface area contributed by atoms with Gasteiger partial charge in [-0.2, -0.15) is 0 Å². The third-order valence-corrected chi connectivity index (χ3v) is 4.03. The molecule has 2 rings (SSSR count). The molecule has 1 unspecified atom stereocenters. The fraction of sp³-hybridized carbons (Fsp3) is 0.250. The zero-order valence-electron chi connectivity index (χ0n) is 10.6. The van der Waals surface area contributed by atoms with Crippen LogP contribution in [-0.4, -0.2) is 0 Å². The molecule has 0 N–H and O–H groups in total. The summed E-state index contributed by atoms with van der Waals surface area (Å²) in [6, 6.07) is 14.3. The summed E-state index contributed by atoms with van der Waals surface area (Å²) in [7, 11) is 0. The number of hydrogen-bond acceptors (Lipinski definition) is 0. The van der Waals surface area contributed by atoms with E-state index in [-0.39, 0.29) is 5.38 Å². The zero-order valence-corrected chi connectivity index (χ0v) is 12.1. The average molecular weight is 279 g/mol. The maximum absolute atomic E-state index is 6.49. The molecule has 0 aliphatic carbocycles. The van der Waals surface area contributed by atoms with E-state index in [1.165, 1.54) is 11.1 Å². The molecule has 0 heterocycles. The Morgan fingerprint density at radius 1 is 1.00 bits per heavy atom. The van der Waals surface area contributed by atoms with Crippen LogP contribution >= 0.6 is 23.2 Å². The molecule has 0 fully saturated rings. The predicted molar refractivity (Wildman–Crippen MR) is 79.7 cm³/mol. The van der Waals surface area contributed by atoms with Gasteiger partial charge in [-0.25, -0.2) is 0 Å². The molecule has 94 valence electrons. The average Bonchev–Trinajstić information content (AvgIpc) is 2.35. The zero-order chi connectivity index (χ0) is 13.1. The molecule has 18 heavy (non-hydrogen) atoms. The molecule has 0 aliphatic heterocycles. The van der Waals surface area contributed by atoms with Crippen molar-refractivity contribution in [2.24, 2.45) is 0 Å². The first-order valence-corrected chi connectivity index (χ1v) is 6.84. The van der Waals surface area contributed by atoms with Gasteiger partial charge in [0, 0.05) is 5.02 Å². The van der Waals surface area contributed by atoms with E-state index in [0.29, 0.717) is 0 Å². The van der Waals surface area contributed by atoms with Crippen molar-refractivity contribution in [2.45, 2.75) is 25.6 Å². The molecule has 0 saturated heterocycles.